The van der Waals surface area contributed by atoms with Gasteiger partial charge in [0.15, 0.2) is 0 Å². The van der Waals surface area contributed by atoms with Crippen LogP contribution in [0.4, 0.5) is 4.79 Å². The third kappa shape index (κ3) is 8.61. The number of benzene rings is 2. The molecule has 0 aliphatic heterocycles. The van der Waals surface area contributed by atoms with Gasteiger partial charge in [0.2, 0.25) is 0 Å². The molecule has 2 aromatic carbocycles. The van der Waals surface area contributed by atoms with E-state index in [2.05, 4.69) is 29.6 Å². The van der Waals surface area contributed by atoms with E-state index >= 15 is 0 Å². The van der Waals surface area contributed by atoms with Crippen molar-refractivity contribution in [3.8, 4) is 11.1 Å². The van der Waals surface area contributed by atoms with Crippen molar-refractivity contribution in [2.24, 2.45) is 5.73 Å². The number of amides is 1. The summed E-state index contributed by atoms with van der Waals surface area (Å²) in [4.78, 5) is 12.1. The molecule has 1 aliphatic rings. The van der Waals surface area contributed by atoms with Gasteiger partial charge in [0.05, 0.1) is 26.4 Å². The van der Waals surface area contributed by atoms with Gasteiger partial charge in [0, 0.05) is 25.7 Å². The Labute approximate surface area is 202 Å². The Hall–Kier alpha value is -2.16. The Morgan fingerprint density at radius 1 is 0.788 bits per heavy atom. The number of alkyl carbamates (subject to hydrolysis) is 1. The van der Waals surface area contributed by atoms with Crippen LogP contribution < -0.4 is 11.1 Å². The normalized spacial score (nSPS) is 12.0. The van der Waals surface area contributed by atoms with Crippen molar-refractivity contribution < 1.29 is 23.7 Å². The topological polar surface area (TPSA) is 92.0 Å². The lowest BCUT2D eigenvalue weighted by Gasteiger charge is -2.14. The molecule has 8 heteroatoms. The first-order chi connectivity index (χ1) is 15.8. The Kier molecular flexibility index (Phi) is 12.8. The SMILES string of the molecule is Cl.NCCCOCCOCCOCCCNC(=O)OCC1c2ccccc2-c2ccccc21. The van der Waals surface area contributed by atoms with E-state index in [-0.39, 0.29) is 18.3 Å². The number of nitrogens with two attached hydrogens (primary N) is 1. The molecule has 0 saturated carbocycles. The first kappa shape index (κ1) is 27.1. The Balaban J connectivity index is 0.00000385. The highest BCUT2D eigenvalue weighted by Gasteiger charge is 2.28. The van der Waals surface area contributed by atoms with Gasteiger partial charge in [-0.25, -0.2) is 4.79 Å². The minimum atomic E-state index is -0.398. The monoisotopic (exact) mass is 478 g/mol. The van der Waals surface area contributed by atoms with E-state index < -0.39 is 6.09 Å². The quantitative estimate of drug-likeness (QED) is 0.379. The number of halogens is 1. The third-order valence-electron chi connectivity index (χ3n) is 5.32. The summed E-state index contributed by atoms with van der Waals surface area (Å²) < 4.78 is 21.8. The van der Waals surface area contributed by atoms with Gasteiger partial charge >= 0.3 is 6.09 Å². The summed E-state index contributed by atoms with van der Waals surface area (Å²) >= 11 is 0. The van der Waals surface area contributed by atoms with Crippen LogP contribution in [0, 0.1) is 0 Å². The molecule has 2 aromatic rings. The molecule has 1 aliphatic carbocycles. The van der Waals surface area contributed by atoms with E-state index in [9.17, 15) is 4.79 Å². The van der Waals surface area contributed by atoms with Crippen LogP contribution in [0.3, 0.4) is 0 Å². The number of carbonyl (C=O) groups excluding carboxylic acids is 1. The Morgan fingerprint density at radius 2 is 1.30 bits per heavy atom. The maximum atomic E-state index is 12.1. The van der Waals surface area contributed by atoms with Crippen molar-refractivity contribution in [3.05, 3.63) is 59.7 Å². The van der Waals surface area contributed by atoms with Crippen molar-refractivity contribution in [3.63, 3.8) is 0 Å². The summed E-state index contributed by atoms with van der Waals surface area (Å²) in [6, 6.07) is 16.6. The summed E-state index contributed by atoms with van der Waals surface area (Å²) in [5.41, 5.74) is 10.2. The van der Waals surface area contributed by atoms with E-state index in [1.165, 1.54) is 22.3 Å². The maximum absolute atomic E-state index is 12.1. The molecule has 1 amide bonds. The summed E-state index contributed by atoms with van der Waals surface area (Å²) in [5, 5.41) is 2.79. The number of rotatable bonds is 15. The smallest absolute Gasteiger partial charge is 0.407 e. The molecule has 0 bridgehead atoms. The number of ether oxygens (including phenoxy) is 4. The van der Waals surface area contributed by atoms with Gasteiger partial charge in [0.25, 0.3) is 0 Å². The fourth-order valence-corrected chi connectivity index (χ4v) is 3.74. The third-order valence-corrected chi connectivity index (χ3v) is 5.32. The molecule has 33 heavy (non-hydrogen) atoms. The summed E-state index contributed by atoms with van der Waals surface area (Å²) in [5.74, 6) is 0.0718. The lowest BCUT2D eigenvalue weighted by molar-refractivity contribution is 0.0140. The van der Waals surface area contributed by atoms with Gasteiger partial charge in [-0.15, -0.1) is 12.4 Å². The molecule has 3 rings (SSSR count). The maximum Gasteiger partial charge on any atom is 0.407 e. The van der Waals surface area contributed by atoms with Gasteiger partial charge in [-0.1, -0.05) is 48.5 Å². The van der Waals surface area contributed by atoms with Crippen LogP contribution in [-0.4, -0.2) is 65.4 Å². The van der Waals surface area contributed by atoms with Crippen LogP contribution >= 0.6 is 12.4 Å². The first-order valence-corrected chi connectivity index (χ1v) is 11.3. The minimum absolute atomic E-state index is 0. The number of hydrogen-bond donors (Lipinski definition) is 2. The van der Waals surface area contributed by atoms with Gasteiger partial charge in [-0.05, 0) is 41.6 Å². The number of hydrogen-bond acceptors (Lipinski definition) is 6. The second-order valence-electron chi connectivity index (χ2n) is 7.59. The van der Waals surface area contributed by atoms with Crippen LogP contribution in [0.25, 0.3) is 11.1 Å². The standard InChI is InChI=1S/C25H34N2O5.ClH/c26-11-5-13-29-15-17-31-18-16-30-14-6-12-27-25(28)32-19-24-22-9-3-1-7-20(22)21-8-2-4-10-23(21)24;/h1-4,7-10,24H,5-6,11-19,26H2,(H,27,28);1H. The van der Waals surface area contributed by atoms with Crippen LogP contribution in [0.5, 0.6) is 0 Å². The van der Waals surface area contributed by atoms with Gasteiger partial charge in [-0.3, -0.25) is 0 Å². The molecule has 3 N–H and O–H groups in total. The fraction of sp³-hybridized carbons (Fsp3) is 0.480. The second-order valence-corrected chi connectivity index (χ2v) is 7.59. The largest absolute Gasteiger partial charge is 0.449 e. The zero-order chi connectivity index (χ0) is 22.4. The molecule has 182 valence electrons. The van der Waals surface area contributed by atoms with Crippen molar-refractivity contribution in [1.82, 2.24) is 5.32 Å². The molecule has 0 aromatic heterocycles. The van der Waals surface area contributed by atoms with Crippen LogP contribution in [0.1, 0.15) is 29.9 Å². The van der Waals surface area contributed by atoms with Gasteiger partial charge in [-0.2, -0.15) is 0 Å². The number of fused-ring (bicyclic) bond motifs is 3. The zero-order valence-electron chi connectivity index (χ0n) is 19.0. The second kappa shape index (κ2) is 15.6. The predicted molar refractivity (Wildman–Crippen MR) is 131 cm³/mol. The molecule has 0 fully saturated rings. The number of carbonyl (C=O) groups is 1. The minimum Gasteiger partial charge on any atom is -0.449 e. The number of nitrogens with one attached hydrogen (secondary N) is 1. The lowest BCUT2D eigenvalue weighted by atomic mass is 9.98. The molecule has 7 nitrogen and oxygen atoms in total. The van der Waals surface area contributed by atoms with Gasteiger partial charge < -0.3 is 30.0 Å². The fourth-order valence-electron chi connectivity index (χ4n) is 3.74. The highest BCUT2D eigenvalue weighted by molar-refractivity contribution is 5.85. The average molecular weight is 479 g/mol. The Morgan fingerprint density at radius 3 is 1.88 bits per heavy atom. The molecule has 0 heterocycles. The van der Waals surface area contributed by atoms with Crippen molar-refractivity contribution in [1.29, 1.82) is 0 Å². The van der Waals surface area contributed by atoms with E-state index in [0.29, 0.717) is 65.8 Å². The lowest BCUT2D eigenvalue weighted by Crippen LogP contribution is -2.27. The average Bonchev–Trinajstić information content (AvgIpc) is 3.14. The van der Waals surface area contributed by atoms with Crippen LogP contribution in [0.15, 0.2) is 48.5 Å². The van der Waals surface area contributed by atoms with Crippen LogP contribution in [-0.2, 0) is 18.9 Å². The molecular formula is C25H35ClN2O5. The van der Waals surface area contributed by atoms with E-state index in [4.69, 9.17) is 24.7 Å². The first-order valence-electron chi connectivity index (χ1n) is 11.3. The molecule has 0 atom stereocenters. The summed E-state index contributed by atoms with van der Waals surface area (Å²) in [6.07, 6.45) is 1.18. The molecule has 0 radical (unpaired) electrons. The molecule has 0 unspecified atom stereocenters. The van der Waals surface area contributed by atoms with Crippen molar-refractivity contribution in [2.75, 3.05) is 59.3 Å². The Bertz CT molecular complexity index is 790. The van der Waals surface area contributed by atoms with E-state index in [1.54, 1.807) is 0 Å². The molecule has 0 saturated heterocycles. The predicted octanol–water partition coefficient (Wildman–Crippen LogP) is 3.74. The summed E-state index contributed by atoms with van der Waals surface area (Å²) in [7, 11) is 0. The van der Waals surface area contributed by atoms with E-state index in [0.717, 1.165) is 6.42 Å². The van der Waals surface area contributed by atoms with Crippen LogP contribution in [0.2, 0.25) is 0 Å². The summed E-state index contributed by atoms with van der Waals surface area (Å²) in [6.45, 7) is 4.88. The molecule has 0 spiro atoms. The highest BCUT2D eigenvalue weighted by Crippen LogP contribution is 2.44. The van der Waals surface area contributed by atoms with Crippen molar-refractivity contribution >= 4 is 18.5 Å². The van der Waals surface area contributed by atoms with Gasteiger partial charge in [0.1, 0.15) is 6.61 Å². The van der Waals surface area contributed by atoms with E-state index in [1.807, 2.05) is 24.3 Å². The van der Waals surface area contributed by atoms with Crippen molar-refractivity contribution in [2.45, 2.75) is 18.8 Å². The zero-order valence-corrected chi connectivity index (χ0v) is 19.8. The highest BCUT2D eigenvalue weighted by atomic mass is 35.5. The molecular weight excluding hydrogens is 444 g/mol.